The fourth-order valence-electron chi connectivity index (χ4n) is 5.72. The van der Waals surface area contributed by atoms with E-state index in [1.165, 1.54) is 0 Å². The van der Waals surface area contributed by atoms with E-state index in [-0.39, 0.29) is 30.3 Å². The normalized spacial score (nSPS) is 30.6. The Morgan fingerprint density at radius 1 is 1.21 bits per heavy atom. The molecule has 9 heteroatoms. The summed E-state index contributed by atoms with van der Waals surface area (Å²) in [6, 6.07) is 2.31. The number of nitrogens with zero attached hydrogens (tertiary/aromatic N) is 5. The molecule has 180 valence electrons. The molecule has 0 saturated carbocycles. The van der Waals surface area contributed by atoms with Crippen LogP contribution in [0.25, 0.3) is 11.0 Å². The Morgan fingerprint density at radius 2 is 1.94 bits per heavy atom. The van der Waals surface area contributed by atoms with Gasteiger partial charge in [-0.25, -0.2) is 14.2 Å². The van der Waals surface area contributed by atoms with Gasteiger partial charge in [0.15, 0.2) is 0 Å². The summed E-state index contributed by atoms with van der Waals surface area (Å²) in [6.45, 7) is 7.03. The number of piperidine rings is 2. The topological polar surface area (TPSA) is 75.5 Å². The van der Waals surface area contributed by atoms with Gasteiger partial charge in [0.1, 0.15) is 17.4 Å². The summed E-state index contributed by atoms with van der Waals surface area (Å²) >= 11 is 0. The zero-order valence-electron chi connectivity index (χ0n) is 20.0. The van der Waals surface area contributed by atoms with Crippen molar-refractivity contribution in [2.24, 2.45) is 0 Å². The molecule has 2 bridgehead atoms. The van der Waals surface area contributed by atoms with Crippen LogP contribution in [0.15, 0.2) is 18.5 Å². The van der Waals surface area contributed by atoms with E-state index in [0.717, 1.165) is 49.7 Å². The predicted octanol–water partition coefficient (Wildman–Crippen LogP) is 3.99. The van der Waals surface area contributed by atoms with Crippen LogP contribution in [0.3, 0.4) is 0 Å². The number of hydrogen-bond donors (Lipinski definition) is 1. The first-order chi connectivity index (χ1) is 15.7. The van der Waals surface area contributed by atoms with Crippen LogP contribution in [0.1, 0.15) is 58.9 Å². The molecule has 5 heterocycles. The minimum absolute atomic E-state index is 0.176. The fraction of sp³-hybridized carbons (Fsp3) is 0.708. The zero-order valence-corrected chi connectivity index (χ0v) is 20.0. The molecule has 3 aliphatic rings. The number of nitrogens with one attached hydrogen (secondary N) is 1. The van der Waals surface area contributed by atoms with E-state index in [9.17, 15) is 9.18 Å². The molecule has 3 fully saturated rings. The van der Waals surface area contributed by atoms with Gasteiger partial charge in [-0.15, -0.1) is 0 Å². The molecule has 8 nitrogen and oxygen atoms in total. The van der Waals surface area contributed by atoms with Crippen LogP contribution in [-0.4, -0.2) is 80.5 Å². The van der Waals surface area contributed by atoms with Crippen LogP contribution in [0.2, 0.25) is 0 Å². The number of rotatable bonds is 3. The van der Waals surface area contributed by atoms with Crippen molar-refractivity contribution < 1.29 is 13.9 Å². The second-order valence-electron chi connectivity index (χ2n) is 10.9. The molecule has 1 amide bonds. The maximum absolute atomic E-state index is 14.8. The molecule has 5 atom stereocenters. The van der Waals surface area contributed by atoms with E-state index in [1.54, 1.807) is 0 Å². The first-order valence-corrected chi connectivity index (χ1v) is 12.1. The molecule has 3 saturated heterocycles. The maximum atomic E-state index is 14.8. The number of carbonyl (C=O) groups is 1. The SMILES string of the molecule is CN1CC[C@@H](n2ccc3cnc(NC4C[C@H]5CC[C@@H](C4)N5C(=O)OC(C)(C)C)nc32)[C@@H](F)C1. The van der Waals surface area contributed by atoms with Gasteiger partial charge in [-0.3, -0.25) is 0 Å². The lowest BCUT2D eigenvalue weighted by Gasteiger charge is -2.39. The third-order valence-electron chi connectivity index (χ3n) is 7.19. The monoisotopic (exact) mass is 458 g/mol. The van der Waals surface area contributed by atoms with E-state index in [2.05, 4.69) is 10.3 Å². The molecule has 3 aliphatic heterocycles. The molecule has 0 aromatic carbocycles. The van der Waals surface area contributed by atoms with Crippen molar-refractivity contribution in [3.05, 3.63) is 18.5 Å². The summed E-state index contributed by atoms with van der Waals surface area (Å²) in [6.07, 6.45) is 7.08. The second-order valence-corrected chi connectivity index (χ2v) is 10.9. The van der Waals surface area contributed by atoms with Gasteiger partial charge < -0.3 is 24.4 Å². The van der Waals surface area contributed by atoms with E-state index in [4.69, 9.17) is 9.72 Å². The van der Waals surface area contributed by atoms with Gasteiger partial charge in [0.2, 0.25) is 5.95 Å². The van der Waals surface area contributed by atoms with Crippen LogP contribution >= 0.6 is 0 Å². The Kier molecular flexibility index (Phi) is 5.71. The van der Waals surface area contributed by atoms with Crippen LogP contribution in [0.4, 0.5) is 15.1 Å². The Hall–Kier alpha value is -2.42. The summed E-state index contributed by atoms with van der Waals surface area (Å²) in [5, 5.41) is 4.43. The molecule has 0 radical (unpaired) electrons. The Bertz CT molecular complexity index is 1010. The summed E-state index contributed by atoms with van der Waals surface area (Å²) in [4.78, 5) is 26.0. The summed E-state index contributed by atoms with van der Waals surface area (Å²) in [5.74, 6) is 0.570. The molecule has 2 aromatic rings. The van der Waals surface area contributed by atoms with Crippen molar-refractivity contribution in [2.45, 2.75) is 88.8 Å². The Morgan fingerprint density at radius 3 is 2.61 bits per heavy atom. The molecular formula is C24H35FN6O2. The number of anilines is 1. The molecule has 1 unspecified atom stereocenters. The average Bonchev–Trinajstić information content (AvgIpc) is 3.25. The van der Waals surface area contributed by atoms with Gasteiger partial charge in [0, 0.05) is 49.0 Å². The number of ether oxygens (including phenoxy) is 1. The Balaban J connectivity index is 1.29. The van der Waals surface area contributed by atoms with Gasteiger partial charge in [-0.1, -0.05) is 0 Å². The minimum atomic E-state index is -0.918. The predicted molar refractivity (Wildman–Crippen MR) is 125 cm³/mol. The highest BCUT2D eigenvalue weighted by Crippen LogP contribution is 2.38. The number of halogens is 1. The molecule has 5 rings (SSSR count). The molecule has 33 heavy (non-hydrogen) atoms. The lowest BCUT2D eigenvalue weighted by molar-refractivity contribution is 0.00681. The Labute approximate surface area is 194 Å². The van der Waals surface area contributed by atoms with Gasteiger partial charge in [0.25, 0.3) is 0 Å². The lowest BCUT2D eigenvalue weighted by atomic mass is 9.98. The van der Waals surface area contributed by atoms with Crippen molar-refractivity contribution in [1.29, 1.82) is 0 Å². The van der Waals surface area contributed by atoms with Crippen LogP contribution in [0, 0.1) is 0 Å². The third-order valence-corrected chi connectivity index (χ3v) is 7.19. The lowest BCUT2D eigenvalue weighted by Crippen LogP contribution is -2.51. The van der Waals surface area contributed by atoms with Gasteiger partial charge in [0.05, 0.1) is 6.04 Å². The molecule has 1 N–H and O–H groups in total. The van der Waals surface area contributed by atoms with Gasteiger partial charge in [-0.2, -0.15) is 4.98 Å². The van der Waals surface area contributed by atoms with E-state index >= 15 is 0 Å². The number of carbonyl (C=O) groups excluding carboxylic acids is 1. The van der Waals surface area contributed by atoms with Crippen LogP contribution in [0.5, 0.6) is 0 Å². The van der Waals surface area contributed by atoms with Crippen molar-refractivity contribution in [2.75, 3.05) is 25.5 Å². The third kappa shape index (κ3) is 4.52. The standard InChI is InChI=1S/C24H35FN6O2/c1-24(2,3)33-23(32)31-17-5-6-18(31)12-16(11-17)27-22-26-13-15-7-10-30(21(15)28-22)20-8-9-29(4)14-19(20)25/h7,10,13,16-20H,5-6,8-9,11-12,14H2,1-4H3,(H,26,27,28)/t16?,17-,18+,19-,20+/m0/s1. The number of hydrogen-bond acceptors (Lipinski definition) is 6. The highest BCUT2D eigenvalue weighted by molar-refractivity contribution is 5.76. The van der Waals surface area contributed by atoms with E-state index in [1.807, 2.05) is 60.6 Å². The number of alkyl halides is 1. The quantitative estimate of drug-likeness (QED) is 0.750. The second kappa shape index (κ2) is 8.42. The van der Waals surface area contributed by atoms with E-state index < -0.39 is 11.8 Å². The smallest absolute Gasteiger partial charge is 0.410 e. The van der Waals surface area contributed by atoms with Crippen molar-refractivity contribution in [1.82, 2.24) is 24.3 Å². The first-order valence-electron chi connectivity index (χ1n) is 12.1. The maximum Gasteiger partial charge on any atom is 0.410 e. The molecule has 0 aliphatic carbocycles. The molecule has 0 spiro atoms. The van der Waals surface area contributed by atoms with Crippen LogP contribution in [-0.2, 0) is 4.74 Å². The largest absolute Gasteiger partial charge is 0.444 e. The summed E-state index contributed by atoms with van der Waals surface area (Å²) < 4.78 is 22.4. The molecular weight excluding hydrogens is 423 g/mol. The van der Waals surface area contributed by atoms with Gasteiger partial charge >= 0.3 is 6.09 Å². The van der Waals surface area contributed by atoms with Crippen molar-refractivity contribution in [3.63, 3.8) is 0 Å². The fourth-order valence-corrected chi connectivity index (χ4v) is 5.72. The number of fused-ring (bicyclic) bond motifs is 3. The number of likely N-dealkylation sites (tertiary alicyclic amines) is 1. The molecule has 2 aromatic heterocycles. The first kappa shape index (κ1) is 22.4. The highest BCUT2D eigenvalue weighted by Gasteiger charge is 2.45. The number of aromatic nitrogens is 3. The zero-order chi connectivity index (χ0) is 23.3. The summed E-state index contributed by atoms with van der Waals surface area (Å²) in [5.41, 5.74) is 0.287. The summed E-state index contributed by atoms with van der Waals surface area (Å²) in [7, 11) is 1.96. The highest BCUT2D eigenvalue weighted by atomic mass is 19.1. The van der Waals surface area contributed by atoms with Crippen molar-refractivity contribution >= 4 is 23.1 Å². The van der Waals surface area contributed by atoms with Crippen molar-refractivity contribution in [3.8, 4) is 0 Å². The van der Waals surface area contributed by atoms with E-state index in [0.29, 0.717) is 12.5 Å². The average molecular weight is 459 g/mol. The number of amides is 1. The minimum Gasteiger partial charge on any atom is -0.444 e. The van der Waals surface area contributed by atoms with Gasteiger partial charge in [-0.05, 0) is 66.0 Å². The van der Waals surface area contributed by atoms with Crippen LogP contribution < -0.4 is 5.32 Å².